The van der Waals surface area contributed by atoms with Crippen LogP contribution in [-0.4, -0.2) is 22.4 Å². The van der Waals surface area contributed by atoms with Crippen LogP contribution in [-0.2, 0) is 23.9 Å². The Labute approximate surface area is 206 Å². The van der Waals surface area contributed by atoms with E-state index in [1.165, 1.54) is 17.0 Å². The standard InChI is InChI=1S/C28H22F3N3O2/c29-28(30,31)24-16-23(12-11-21(24)17-32)34-25(35)27(13-6-14-27)33(26(34)36)18-22-10-5-4-9-20(22)15-19-7-2-1-3-8-19/h1-5,7-12,16H,6,13-15,18H2. The topological polar surface area (TPSA) is 64.4 Å². The molecule has 8 heteroatoms. The van der Waals surface area contributed by atoms with Crippen LogP contribution >= 0.6 is 0 Å². The van der Waals surface area contributed by atoms with Crippen LogP contribution in [0.1, 0.15) is 47.1 Å². The van der Waals surface area contributed by atoms with E-state index in [1.807, 2.05) is 54.6 Å². The summed E-state index contributed by atoms with van der Waals surface area (Å²) in [5.41, 5.74) is 0.0195. The van der Waals surface area contributed by atoms with Crippen molar-refractivity contribution >= 4 is 17.6 Å². The smallest absolute Gasteiger partial charge is 0.305 e. The van der Waals surface area contributed by atoms with E-state index in [0.29, 0.717) is 25.3 Å². The number of alkyl halides is 3. The molecule has 36 heavy (non-hydrogen) atoms. The molecule has 1 saturated heterocycles. The van der Waals surface area contributed by atoms with Gasteiger partial charge in [0.25, 0.3) is 5.91 Å². The summed E-state index contributed by atoms with van der Waals surface area (Å²) in [6, 6.07) is 21.4. The fourth-order valence-electron chi connectivity index (χ4n) is 5.03. The minimum atomic E-state index is -4.79. The summed E-state index contributed by atoms with van der Waals surface area (Å²) in [4.78, 5) is 29.5. The van der Waals surface area contributed by atoms with Gasteiger partial charge in [-0.1, -0.05) is 54.6 Å². The van der Waals surface area contributed by atoms with Gasteiger partial charge in [-0.05, 0) is 60.6 Å². The number of imide groups is 1. The van der Waals surface area contributed by atoms with Crippen molar-refractivity contribution in [2.45, 2.75) is 43.9 Å². The number of carbonyl (C=O) groups excluding carboxylic acids is 2. The molecule has 2 fully saturated rings. The molecule has 1 saturated carbocycles. The van der Waals surface area contributed by atoms with Crippen molar-refractivity contribution in [3.05, 3.63) is 101 Å². The maximum atomic E-state index is 13.6. The fraction of sp³-hybridized carbons (Fsp3) is 0.250. The van der Waals surface area contributed by atoms with Crippen molar-refractivity contribution in [1.29, 1.82) is 5.26 Å². The van der Waals surface area contributed by atoms with Gasteiger partial charge in [-0.25, -0.2) is 9.69 Å². The van der Waals surface area contributed by atoms with Crippen molar-refractivity contribution in [2.24, 2.45) is 0 Å². The number of anilines is 1. The molecule has 2 aliphatic rings. The minimum absolute atomic E-state index is 0.173. The third-order valence-corrected chi connectivity index (χ3v) is 7.09. The Hall–Kier alpha value is -4.12. The largest absolute Gasteiger partial charge is 0.417 e. The highest BCUT2D eigenvalue weighted by molar-refractivity contribution is 6.23. The minimum Gasteiger partial charge on any atom is -0.305 e. The maximum Gasteiger partial charge on any atom is 0.417 e. The number of hydrogen-bond donors (Lipinski definition) is 0. The lowest BCUT2D eigenvalue weighted by molar-refractivity contribution is -0.137. The summed E-state index contributed by atoms with van der Waals surface area (Å²) >= 11 is 0. The summed E-state index contributed by atoms with van der Waals surface area (Å²) in [6.45, 7) is 0.173. The van der Waals surface area contributed by atoms with Crippen LogP contribution < -0.4 is 4.90 Å². The van der Waals surface area contributed by atoms with Crippen LogP contribution in [0.15, 0.2) is 72.8 Å². The van der Waals surface area contributed by atoms with E-state index in [2.05, 4.69) is 0 Å². The first-order valence-corrected chi connectivity index (χ1v) is 11.6. The first-order chi connectivity index (χ1) is 17.2. The van der Waals surface area contributed by atoms with Crippen LogP contribution in [0.2, 0.25) is 0 Å². The number of benzene rings is 3. The van der Waals surface area contributed by atoms with Gasteiger partial charge < -0.3 is 4.90 Å². The first kappa shape index (κ1) is 23.6. The van der Waals surface area contributed by atoms with Gasteiger partial charge in [-0.15, -0.1) is 0 Å². The molecule has 0 aromatic heterocycles. The van der Waals surface area contributed by atoms with Crippen LogP contribution in [0.3, 0.4) is 0 Å². The Morgan fingerprint density at radius 3 is 2.19 bits per heavy atom. The van der Waals surface area contributed by atoms with Gasteiger partial charge in [-0.2, -0.15) is 18.4 Å². The Morgan fingerprint density at radius 2 is 1.58 bits per heavy atom. The molecule has 3 aromatic carbocycles. The van der Waals surface area contributed by atoms with Crippen LogP contribution in [0, 0.1) is 11.3 Å². The quantitative estimate of drug-likeness (QED) is 0.409. The maximum absolute atomic E-state index is 13.6. The first-order valence-electron chi connectivity index (χ1n) is 11.6. The fourth-order valence-corrected chi connectivity index (χ4v) is 5.03. The van der Waals surface area contributed by atoms with Crippen molar-refractivity contribution in [3.63, 3.8) is 0 Å². The van der Waals surface area contributed by atoms with E-state index in [9.17, 15) is 22.8 Å². The van der Waals surface area contributed by atoms with Gasteiger partial charge >= 0.3 is 12.2 Å². The Balaban J connectivity index is 1.50. The molecule has 1 heterocycles. The number of rotatable bonds is 5. The zero-order valence-corrected chi connectivity index (χ0v) is 19.3. The van der Waals surface area contributed by atoms with E-state index >= 15 is 0 Å². The molecule has 0 N–H and O–H groups in total. The molecule has 3 amide bonds. The number of carbonyl (C=O) groups is 2. The predicted molar refractivity (Wildman–Crippen MR) is 127 cm³/mol. The van der Waals surface area contributed by atoms with Crippen molar-refractivity contribution in [3.8, 4) is 6.07 Å². The lowest BCUT2D eigenvalue weighted by Crippen LogP contribution is -2.54. The monoisotopic (exact) mass is 489 g/mol. The van der Waals surface area contributed by atoms with Crippen molar-refractivity contribution in [1.82, 2.24) is 4.90 Å². The summed E-state index contributed by atoms with van der Waals surface area (Å²) in [7, 11) is 0. The number of hydrogen-bond acceptors (Lipinski definition) is 3. The van der Waals surface area contributed by atoms with E-state index in [4.69, 9.17) is 5.26 Å². The third kappa shape index (κ3) is 3.91. The van der Waals surface area contributed by atoms with Crippen LogP contribution in [0.4, 0.5) is 23.7 Å². The Morgan fingerprint density at radius 1 is 0.917 bits per heavy atom. The molecule has 1 aliphatic heterocycles. The second kappa shape index (κ2) is 8.83. The highest BCUT2D eigenvalue weighted by Crippen LogP contribution is 2.47. The zero-order valence-electron chi connectivity index (χ0n) is 19.3. The highest BCUT2D eigenvalue weighted by atomic mass is 19.4. The van der Waals surface area contributed by atoms with Gasteiger partial charge in [0.1, 0.15) is 5.54 Å². The van der Waals surface area contributed by atoms with Crippen molar-refractivity contribution in [2.75, 3.05) is 4.90 Å². The summed E-state index contributed by atoms with van der Waals surface area (Å²) in [6.07, 6.45) is -2.49. The van der Waals surface area contributed by atoms with Crippen LogP contribution in [0.25, 0.3) is 0 Å². The van der Waals surface area contributed by atoms with Crippen LogP contribution in [0.5, 0.6) is 0 Å². The van der Waals surface area contributed by atoms with Gasteiger partial charge in [0.15, 0.2) is 0 Å². The summed E-state index contributed by atoms with van der Waals surface area (Å²) < 4.78 is 40.7. The molecule has 0 radical (unpaired) electrons. The number of halogens is 3. The lowest BCUT2D eigenvalue weighted by Gasteiger charge is -2.42. The van der Waals surface area contributed by atoms with Gasteiger partial charge in [0.2, 0.25) is 0 Å². The number of nitriles is 1. The molecule has 0 atom stereocenters. The van der Waals surface area contributed by atoms with E-state index in [-0.39, 0.29) is 12.2 Å². The SMILES string of the molecule is N#Cc1ccc(N2C(=O)N(Cc3ccccc3Cc3ccccc3)C3(CCC3)C2=O)cc1C(F)(F)F. The molecule has 5 rings (SSSR count). The Bertz CT molecular complexity index is 1370. The Kier molecular flexibility index (Phi) is 5.79. The normalized spacial score (nSPS) is 16.8. The molecule has 1 spiro atoms. The molecule has 5 nitrogen and oxygen atoms in total. The second-order valence-corrected chi connectivity index (χ2v) is 9.16. The van der Waals surface area contributed by atoms with Gasteiger partial charge in [0, 0.05) is 6.54 Å². The summed E-state index contributed by atoms with van der Waals surface area (Å²) in [5.74, 6) is -0.517. The van der Waals surface area contributed by atoms with E-state index < -0.39 is 34.8 Å². The molecule has 0 unspecified atom stereocenters. The lowest BCUT2D eigenvalue weighted by atomic mass is 9.75. The highest BCUT2D eigenvalue weighted by Gasteiger charge is 2.60. The average Bonchev–Trinajstić information content (AvgIpc) is 3.06. The molecule has 0 bridgehead atoms. The molecule has 182 valence electrons. The van der Waals surface area contributed by atoms with E-state index in [0.717, 1.165) is 34.1 Å². The molecular formula is C28H22F3N3O2. The molecule has 1 aliphatic carbocycles. The van der Waals surface area contributed by atoms with E-state index in [1.54, 1.807) is 0 Å². The van der Waals surface area contributed by atoms with Gasteiger partial charge in [-0.3, -0.25) is 4.79 Å². The van der Waals surface area contributed by atoms with Gasteiger partial charge in [0.05, 0.1) is 22.9 Å². The average molecular weight is 489 g/mol. The number of nitrogens with zero attached hydrogens (tertiary/aromatic N) is 3. The number of urea groups is 1. The number of amides is 3. The molecular weight excluding hydrogens is 467 g/mol. The predicted octanol–water partition coefficient (Wildman–Crippen LogP) is 6.06. The second-order valence-electron chi connectivity index (χ2n) is 9.16. The van der Waals surface area contributed by atoms with Crippen molar-refractivity contribution < 1.29 is 22.8 Å². The third-order valence-electron chi connectivity index (χ3n) is 7.09. The zero-order chi connectivity index (χ0) is 25.5. The summed E-state index contributed by atoms with van der Waals surface area (Å²) in [5, 5.41) is 9.10. The molecule has 3 aromatic rings.